The Morgan fingerprint density at radius 2 is 1.54 bits per heavy atom. The lowest BCUT2D eigenvalue weighted by molar-refractivity contribution is 0.335. The summed E-state index contributed by atoms with van der Waals surface area (Å²) in [6, 6.07) is 0. The normalized spacial score (nSPS) is 36.7. The zero-order valence-corrected chi connectivity index (χ0v) is 9.05. The second-order valence-corrected chi connectivity index (χ2v) is 6.46. The molecule has 0 heterocycles. The second-order valence-electron chi connectivity index (χ2n) is 6.46. The van der Waals surface area contributed by atoms with E-state index in [0.29, 0.717) is 0 Å². The molecule has 0 radical (unpaired) electrons. The monoisotopic (exact) mass is 178 g/mol. The Labute approximate surface area is 82.1 Å². The molecule has 0 saturated heterocycles. The maximum atomic E-state index is 2.45. The van der Waals surface area contributed by atoms with Gasteiger partial charge in [-0.3, -0.25) is 0 Å². The topological polar surface area (TPSA) is 0 Å². The third-order valence-corrected chi connectivity index (χ3v) is 4.73. The highest BCUT2D eigenvalue weighted by Crippen LogP contribution is 2.60. The lowest BCUT2D eigenvalue weighted by Gasteiger charge is -2.16. The van der Waals surface area contributed by atoms with Crippen LogP contribution in [0.3, 0.4) is 0 Å². The first-order valence-corrected chi connectivity index (χ1v) is 6.17. The van der Waals surface area contributed by atoms with Gasteiger partial charge in [-0.2, -0.15) is 0 Å². The number of rotatable bonds is 4. The quantitative estimate of drug-likeness (QED) is 0.613. The Morgan fingerprint density at radius 1 is 1.08 bits per heavy atom. The molecule has 13 heavy (non-hydrogen) atoms. The van der Waals surface area contributed by atoms with Gasteiger partial charge in [-0.05, 0) is 67.6 Å². The van der Waals surface area contributed by atoms with E-state index >= 15 is 0 Å². The average Bonchev–Trinajstić information content (AvgIpc) is 2.89. The first-order chi connectivity index (χ1) is 6.17. The minimum atomic E-state index is 0.724. The van der Waals surface area contributed by atoms with Crippen molar-refractivity contribution in [2.75, 3.05) is 0 Å². The molecule has 0 amide bonds. The third kappa shape index (κ3) is 1.65. The SMILES string of the molecule is CC1(C)CC1CC(C1CC1)C1CC1. The van der Waals surface area contributed by atoms with E-state index in [0.717, 1.165) is 17.3 Å². The zero-order valence-electron chi connectivity index (χ0n) is 9.05. The van der Waals surface area contributed by atoms with Crippen LogP contribution in [-0.4, -0.2) is 0 Å². The molecule has 0 aromatic carbocycles. The molecule has 0 nitrogen and oxygen atoms in total. The molecule has 3 aliphatic carbocycles. The molecule has 0 aromatic heterocycles. The Morgan fingerprint density at radius 3 is 1.85 bits per heavy atom. The van der Waals surface area contributed by atoms with Gasteiger partial charge in [-0.25, -0.2) is 0 Å². The molecule has 3 rings (SSSR count). The van der Waals surface area contributed by atoms with Crippen LogP contribution < -0.4 is 0 Å². The van der Waals surface area contributed by atoms with E-state index in [2.05, 4.69) is 13.8 Å². The van der Waals surface area contributed by atoms with Crippen LogP contribution in [0, 0.1) is 29.1 Å². The largest absolute Gasteiger partial charge is 0.0596 e. The van der Waals surface area contributed by atoms with Crippen LogP contribution in [0.2, 0.25) is 0 Å². The van der Waals surface area contributed by atoms with Gasteiger partial charge in [-0.15, -0.1) is 0 Å². The summed E-state index contributed by atoms with van der Waals surface area (Å²) in [5.74, 6) is 4.60. The Hall–Kier alpha value is 0. The Bertz CT molecular complexity index is 196. The fraction of sp³-hybridized carbons (Fsp3) is 1.00. The highest BCUT2D eigenvalue weighted by atomic mass is 14.6. The van der Waals surface area contributed by atoms with Crippen LogP contribution in [0.4, 0.5) is 0 Å². The molecular formula is C13H22. The van der Waals surface area contributed by atoms with Crippen LogP contribution >= 0.6 is 0 Å². The van der Waals surface area contributed by atoms with Gasteiger partial charge in [0, 0.05) is 0 Å². The van der Waals surface area contributed by atoms with E-state index in [1.165, 1.54) is 18.3 Å². The Balaban J connectivity index is 1.56. The van der Waals surface area contributed by atoms with Gasteiger partial charge in [0.2, 0.25) is 0 Å². The molecule has 0 heteroatoms. The zero-order chi connectivity index (χ0) is 9.05. The van der Waals surface area contributed by atoms with Crippen LogP contribution in [0.5, 0.6) is 0 Å². The number of hydrogen-bond donors (Lipinski definition) is 0. The molecule has 3 saturated carbocycles. The van der Waals surface area contributed by atoms with E-state index in [1.54, 1.807) is 32.1 Å². The summed E-state index contributed by atoms with van der Waals surface area (Å²) in [6.45, 7) is 4.91. The van der Waals surface area contributed by atoms with Crippen molar-refractivity contribution in [1.29, 1.82) is 0 Å². The minimum Gasteiger partial charge on any atom is -0.0596 e. The first kappa shape index (κ1) is 8.32. The molecule has 0 aliphatic heterocycles. The minimum absolute atomic E-state index is 0.724. The Kier molecular flexibility index (Phi) is 1.61. The summed E-state index contributed by atoms with van der Waals surface area (Å²) in [6.07, 6.45) is 9.36. The lowest BCUT2D eigenvalue weighted by Crippen LogP contribution is -2.08. The van der Waals surface area contributed by atoms with Crippen molar-refractivity contribution in [1.82, 2.24) is 0 Å². The lowest BCUT2D eigenvalue weighted by atomic mass is 9.90. The average molecular weight is 178 g/mol. The summed E-state index contributed by atoms with van der Waals surface area (Å²) in [4.78, 5) is 0. The molecule has 1 atom stereocenters. The smallest absolute Gasteiger partial charge is 0.0323 e. The number of hydrogen-bond acceptors (Lipinski definition) is 0. The predicted molar refractivity (Wildman–Crippen MR) is 55.4 cm³/mol. The molecule has 0 bridgehead atoms. The maximum absolute atomic E-state index is 2.45. The van der Waals surface area contributed by atoms with Crippen molar-refractivity contribution in [2.24, 2.45) is 29.1 Å². The van der Waals surface area contributed by atoms with Crippen molar-refractivity contribution < 1.29 is 0 Å². The van der Waals surface area contributed by atoms with Gasteiger partial charge >= 0.3 is 0 Å². The van der Waals surface area contributed by atoms with Crippen LogP contribution in [-0.2, 0) is 0 Å². The summed E-state index contributed by atoms with van der Waals surface area (Å²) in [5.41, 5.74) is 0.724. The van der Waals surface area contributed by atoms with Gasteiger partial charge in [0.25, 0.3) is 0 Å². The molecule has 0 spiro atoms. The second kappa shape index (κ2) is 2.52. The fourth-order valence-corrected chi connectivity index (χ4v) is 3.13. The highest BCUT2D eigenvalue weighted by molar-refractivity contribution is 5.00. The van der Waals surface area contributed by atoms with Gasteiger partial charge in [-0.1, -0.05) is 13.8 Å². The summed E-state index contributed by atoms with van der Waals surface area (Å²) in [5, 5.41) is 0. The predicted octanol–water partition coefficient (Wildman–Crippen LogP) is 3.86. The van der Waals surface area contributed by atoms with E-state index < -0.39 is 0 Å². The maximum Gasteiger partial charge on any atom is -0.0323 e. The van der Waals surface area contributed by atoms with Crippen LogP contribution in [0.15, 0.2) is 0 Å². The molecule has 74 valence electrons. The highest BCUT2D eigenvalue weighted by Gasteiger charge is 2.50. The van der Waals surface area contributed by atoms with Crippen molar-refractivity contribution in [3.63, 3.8) is 0 Å². The first-order valence-electron chi connectivity index (χ1n) is 6.17. The van der Waals surface area contributed by atoms with Gasteiger partial charge < -0.3 is 0 Å². The molecule has 0 aromatic rings. The van der Waals surface area contributed by atoms with E-state index in [1.807, 2.05) is 0 Å². The van der Waals surface area contributed by atoms with Crippen LogP contribution in [0.25, 0.3) is 0 Å². The van der Waals surface area contributed by atoms with Gasteiger partial charge in [0.1, 0.15) is 0 Å². The molecule has 3 fully saturated rings. The van der Waals surface area contributed by atoms with E-state index in [4.69, 9.17) is 0 Å². The summed E-state index contributed by atoms with van der Waals surface area (Å²) >= 11 is 0. The van der Waals surface area contributed by atoms with Gasteiger partial charge in [0.05, 0.1) is 0 Å². The molecule has 1 unspecified atom stereocenters. The van der Waals surface area contributed by atoms with Crippen molar-refractivity contribution >= 4 is 0 Å². The fourth-order valence-electron chi connectivity index (χ4n) is 3.13. The third-order valence-electron chi connectivity index (χ3n) is 4.73. The molecular weight excluding hydrogens is 156 g/mol. The van der Waals surface area contributed by atoms with Crippen LogP contribution in [0.1, 0.15) is 52.4 Å². The van der Waals surface area contributed by atoms with Crippen molar-refractivity contribution in [3.8, 4) is 0 Å². The van der Waals surface area contributed by atoms with Crippen molar-refractivity contribution in [2.45, 2.75) is 52.4 Å². The van der Waals surface area contributed by atoms with E-state index in [-0.39, 0.29) is 0 Å². The summed E-state index contributed by atoms with van der Waals surface area (Å²) < 4.78 is 0. The molecule has 0 N–H and O–H groups in total. The van der Waals surface area contributed by atoms with Gasteiger partial charge in [0.15, 0.2) is 0 Å². The summed E-state index contributed by atoms with van der Waals surface area (Å²) in [7, 11) is 0. The van der Waals surface area contributed by atoms with Crippen molar-refractivity contribution in [3.05, 3.63) is 0 Å². The molecule has 3 aliphatic rings. The van der Waals surface area contributed by atoms with E-state index in [9.17, 15) is 0 Å². The standard InChI is InChI=1S/C13H22/c1-13(2)8-11(13)7-12(9-3-4-9)10-5-6-10/h9-12H,3-8H2,1-2H3.